The highest BCUT2D eigenvalue weighted by Crippen LogP contribution is 2.46. The molecule has 2 aromatic heterocycles. The quantitative estimate of drug-likeness (QED) is 0.0968. The highest BCUT2D eigenvalue weighted by atomic mass is 31.1. The van der Waals surface area contributed by atoms with E-state index in [-0.39, 0.29) is 29.4 Å². The molecule has 5 N–H and O–H groups in total. The predicted octanol–water partition coefficient (Wildman–Crippen LogP) is 4.71. The molecule has 7 atom stereocenters. The standard InChI is InChI=1S/C34H37N6O9P/c1-19-10-5-7-13-22(19)28(20(2)16-26(41)42)40(50(45)49-24-15-9-12-21-11-6-8-14-23(21)24)47-17-25-29(43)34(3,44)32(48-25)39-18-36-27-30(39)37-33(35)38-31(27)46-4/h5-15,18,20,25,28-29,32,43-44H,16-17H2,1-4H3,(H2-,35,37,38,41,42)/p+1/t20?,25-,28?,29-,32-,34-/m1/s1. The summed E-state index contributed by atoms with van der Waals surface area (Å²) in [6.45, 7) is 4.56. The Kier molecular flexibility index (Phi) is 9.98. The lowest BCUT2D eigenvalue weighted by molar-refractivity contribution is -0.172. The summed E-state index contributed by atoms with van der Waals surface area (Å²) in [4.78, 5) is 31.9. The van der Waals surface area contributed by atoms with Crippen molar-refractivity contribution in [2.45, 2.75) is 57.3 Å². The number of nitrogens with two attached hydrogens (primary N) is 1. The normalized spacial score (nSPS) is 22.1. The third-order valence-corrected chi connectivity index (χ3v) is 9.89. The zero-order chi connectivity index (χ0) is 35.7. The minimum absolute atomic E-state index is 0.0995. The van der Waals surface area contributed by atoms with E-state index < -0.39 is 56.8 Å². The Labute approximate surface area is 288 Å². The molecule has 0 saturated carbocycles. The van der Waals surface area contributed by atoms with Crippen LogP contribution in [0.2, 0.25) is 0 Å². The van der Waals surface area contributed by atoms with Gasteiger partial charge in [-0.2, -0.15) is 9.97 Å². The van der Waals surface area contributed by atoms with Crippen molar-refractivity contribution in [2.75, 3.05) is 19.5 Å². The van der Waals surface area contributed by atoms with Crippen molar-refractivity contribution in [3.63, 3.8) is 0 Å². The number of rotatable bonds is 13. The number of carboxylic acid groups (broad SMARTS) is 1. The van der Waals surface area contributed by atoms with Gasteiger partial charge in [-0.3, -0.25) is 14.2 Å². The van der Waals surface area contributed by atoms with Crippen molar-refractivity contribution >= 4 is 42.0 Å². The van der Waals surface area contributed by atoms with E-state index in [4.69, 9.17) is 24.6 Å². The maximum Gasteiger partial charge on any atom is 0.693 e. The van der Waals surface area contributed by atoms with E-state index in [9.17, 15) is 24.7 Å². The molecule has 1 aliphatic rings. The molecule has 50 heavy (non-hydrogen) atoms. The molecular weight excluding hydrogens is 667 g/mol. The summed E-state index contributed by atoms with van der Waals surface area (Å²) in [7, 11) is -1.45. The van der Waals surface area contributed by atoms with Gasteiger partial charge in [0, 0.05) is 16.4 Å². The van der Waals surface area contributed by atoms with Gasteiger partial charge in [-0.05, 0) is 42.3 Å². The van der Waals surface area contributed by atoms with Crippen LogP contribution in [0.1, 0.15) is 43.7 Å². The van der Waals surface area contributed by atoms with Gasteiger partial charge in [0.05, 0.1) is 18.3 Å². The Hall–Kier alpha value is -4.76. The Morgan fingerprint density at radius 1 is 1.14 bits per heavy atom. The zero-order valence-corrected chi connectivity index (χ0v) is 28.7. The van der Waals surface area contributed by atoms with Gasteiger partial charge in [0.25, 0.3) is 0 Å². The second kappa shape index (κ2) is 14.2. The van der Waals surface area contributed by atoms with Gasteiger partial charge in [-0.15, -0.1) is 0 Å². The van der Waals surface area contributed by atoms with E-state index in [0.717, 1.165) is 15.8 Å². The van der Waals surface area contributed by atoms with Crippen molar-refractivity contribution in [3.05, 3.63) is 84.2 Å². The molecule has 0 spiro atoms. The molecule has 3 unspecified atom stereocenters. The fourth-order valence-electron chi connectivity index (χ4n) is 6.33. The number of carboxylic acids is 1. The number of fused-ring (bicyclic) bond motifs is 2. The Balaban J connectivity index is 1.35. The van der Waals surface area contributed by atoms with Crippen LogP contribution >= 0.6 is 8.18 Å². The van der Waals surface area contributed by atoms with E-state index in [0.29, 0.717) is 16.7 Å². The average Bonchev–Trinajstić information content (AvgIpc) is 3.59. The van der Waals surface area contributed by atoms with Gasteiger partial charge in [-0.25, -0.2) is 9.51 Å². The third-order valence-electron chi connectivity index (χ3n) is 8.85. The molecule has 3 heterocycles. The van der Waals surface area contributed by atoms with Gasteiger partial charge < -0.3 is 30.5 Å². The van der Waals surface area contributed by atoms with Gasteiger partial charge in [-0.1, -0.05) is 67.6 Å². The summed E-state index contributed by atoms with van der Waals surface area (Å²) < 4.78 is 33.3. The van der Waals surface area contributed by atoms with Crippen molar-refractivity contribution in [1.82, 2.24) is 24.4 Å². The lowest BCUT2D eigenvalue weighted by atomic mass is 9.90. The zero-order valence-electron chi connectivity index (χ0n) is 27.8. The molecule has 0 bridgehead atoms. The second-order valence-electron chi connectivity index (χ2n) is 12.4. The van der Waals surface area contributed by atoms with Gasteiger partial charge >= 0.3 is 14.1 Å². The minimum Gasteiger partial charge on any atom is -0.481 e. The number of anilines is 1. The number of benzene rings is 3. The molecule has 1 saturated heterocycles. The predicted molar refractivity (Wildman–Crippen MR) is 182 cm³/mol. The number of aliphatic hydroxyl groups excluding tert-OH is 1. The van der Waals surface area contributed by atoms with E-state index in [1.165, 1.54) is 24.9 Å². The molecule has 6 rings (SSSR count). The number of hydrogen-bond donors (Lipinski definition) is 4. The summed E-state index contributed by atoms with van der Waals surface area (Å²) in [5, 5.41) is 34.3. The van der Waals surface area contributed by atoms with Crippen LogP contribution in [0.15, 0.2) is 73.1 Å². The largest absolute Gasteiger partial charge is 0.693 e. The highest BCUT2D eigenvalue weighted by Gasteiger charge is 2.55. The topological polar surface area (TPSA) is 205 Å². The molecule has 3 aromatic carbocycles. The Morgan fingerprint density at radius 3 is 2.60 bits per heavy atom. The number of nitrogen functional groups attached to an aromatic ring is 1. The summed E-state index contributed by atoms with van der Waals surface area (Å²) in [6.07, 6.45) is -2.83. The number of ether oxygens (including phenoxy) is 2. The van der Waals surface area contributed by atoms with E-state index >= 15 is 0 Å². The van der Waals surface area contributed by atoms with Crippen LogP contribution in [0.3, 0.4) is 0 Å². The second-order valence-corrected chi connectivity index (χ2v) is 13.4. The van der Waals surface area contributed by atoms with Crippen LogP contribution in [0.5, 0.6) is 11.6 Å². The summed E-state index contributed by atoms with van der Waals surface area (Å²) in [5.74, 6) is -1.34. The molecule has 262 valence electrons. The molecule has 0 aliphatic carbocycles. The first-order valence-corrected chi connectivity index (χ1v) is 17.0. The third kappa shape index (κ3) is 6.71. The first kappa shape index (κ1) is 35.1. The summed E-state index contributed by atoms with van der Waals surface area (Å²) in [5.41, 5.74) is 5.92. The van der Waals surface area contributed by atoms with Crippen LogP contribution in [-0.2, 0) is 18.9 Å². The van der Waals surface area contributed by atoms with Crippen molar-refractivity contribution in [2.24, 2.45) is 5.92 Å². The molecule has 1 fully saturated rings. The van der Waals surface area contributed by atoms with Crippen LogP contribution in [0, 0.1) is 12.8 Å². The number of methoxy groups -OCH3 is 1. The lowest BCUT2D eigenvalue weighted by Gasteiger charge is -2.28. The lowest BCUT2D eigenvalue weighted by Crippen LogP contribution is -2.45. The maximum atomic E-state index is 14.4. The molecule has 0 radical (unpaired) electrons. The number of nitrogens with zero attached hydrogens (tertiary/aromatic N) is 5. The summed E-state index contributed by atoms with van der Waals surface area (Å²) >= 11 is 0. The van der Waals surface area contributed by atoms with Crippen LogP contribution in [0.4, 0.5) is 5.95 Å². The molecule has 1 aliphatic heterocycles. The fraction of sp³-hybridized carbons (Fsp3) is 0.353. The number of aliphatic hydroxyl groups is 2. The highest BCUT2D eigenvalue weighted by molar-refractivity contribution is 7.36. The number of hydrogen-bond acceptors (Lipinski definition) is 12. The van der Waals surface area contributed by atoms with Crippen molar-refractivity contribution < 1.29 is 43.5 Å². The molecule has 16 heteroatoms. The van der Waals surface area contributed by atoms with Crippen LogP contribution < -0.4 is 15.0 Å². The monoisotopic (exact) mass is 705 g/mol. The number of aliphatic carboxylic acids is 1. The number of aryl methyl sites for hydroxylation is 1. The SMILES string of the molecule is COc1nc(N)nc2c1ncn2[C@@H]1O[C@H](CON(C(c2ccccc2C)C(C)CC(=O)O)[P+](=O)Oc2cccc3ccccc23)[C@@H](O)[C@@]1(C)O. The number of hydroxylamine groups is 1. The smallest absolute Gasteiger partial charge is 0.481 e. The van der Waals surface area contributed by atoms with Gasteiger partial charge in [0.1, 0.15) is 30.5 Å². The van der Waals surface area contributed by atoms with Crippen molar-refractivity contribution in [3.8, 4) is 11.6 Å². The average molecular weight is 706 g/mol. The number of imidazole rings is 1. The van der Waals surface area contributed by atoms with E-state index in [1.54, 1.807) is 25.1 Å². The van der Waals surface area contributed by atoms with Crippen LogP contribution in [-0.4, -0.2) is 77.2 Å². The molecule has 0 amide bonds. The Morgan fingerprint density at radius 2 is 1.86 bits per heavy atom. The number of aromatic nitrogens is 4. The van der Waals surface area contributed by atoms with E-state index in [2.05, 4.69) is 15.0 Å². The van der Waals surface area contributed by atoms with Crippen molar-refractivity contribution in [1.29, 1.82) is 0 Å². The van der Waals surface area contributed by atoms with Crippen LogP contribution in [0.25, 0.3) is 21.9 Å². The molecule has 5 aromatic rings. The van der Waals surface area contributed by atoms with Gasteiger partial charge in [0.2, 0.25) is 11.8 Å². The molecular formula is C34H38N6O9P+. The van der Waals surface area contributed by atoms with E-state index in [1.807, 2.05) is 55.5 Å². The van der Waals surface area contributed by atoms with Gasteiger partial charge in [0.15, 0.2) is 23.1 Å². The number of carbonyl (C=O) groups is 1. The minimum atomic E-state index is -2.86. The maximum absolute atomic E-state index is 14.4. The molecule has 15 nitrogen and oxygen atoms in total. The fourth-order valence-corrected chi connectivity index (χ4v) is 7.45. The first-order chi connectivity index (χ1) is 23.9. The summed E-state index contributed by atoms with van der Waals surface area (Å²) in [6, 6.07) is 19.2. The Bertz CT molecular complexity index is 2040. The first-order valence-electron chi connectivity index (χ1n) is 15.8.